The van der Waals surface area contributed by atoms with Crippen molar-refractivity contribution in [1.82, 2.24) is 5.32 Å². The summed E-state index contributed by atoms with van der Waals surface area (Å²) in [6.07, 6.45) is -0.0239. The van der Waals surface area contributed by atoms with Crippen LogP contribution in [0.3, 0.4) is 0 Å². The van der Waals surface area contributed by atoms with Gasteiger partial charge in [-0.05, 0) is 32.9 Å². The summed E-state index contributed by atoms with van der Waals surface area (Å²) in [7, 11) is 1.69. The van der Waals surface area contributed by atoms with Gasteiger partial charge in [0, 0.05) is 17.5 Å². The lowest BCUT2D eigenvalue weighted by atomic mass is 9.80. The lowest BCUT2D eigenvalue weighted by molar-refractivity contribution is 0.0476. The van der Waals surface area contributed by atoms with Crippen molar-refractivity contribution in [3.8, 4) is 0 Å². The number of rotatable bonds is 3. The second-order valence-electron chi connectivity index (χ2n) is 5.51. The lowest BCUT2D eigenvalue weighted by Gasteiger charge is -2.29. The van der Waals surface area contributed by atoms with Crippen LogP contribution in [0.4, 0.5) is 13.2 Å². The van der Waals surface area contributed by atoms with E-state index < -0.39 is 23.5 Å². The smallest absolute Gasteiger partial charge is 0.194 e. The fourth-order valence-electron chi connectivity index (χ4n) is 3.20. The Labute approximate surface area is 117 Å². The van der Waals surface area contributed by atoms with Crippen molar-refractivity contribution in [2.24, 2.45) is 11.8 Å². The van der Waals surface area contributed by atoms with Crippen LogP contribution in [0.1, 0.15) is 32.4 Å². The van der Waals surface area contributed by atoms with Crippen LogP contribution in [0.15, 0.2) is 12.1 Å². The molecule has 1 aliphatic heterocycles. The third kappa shape index (κ3) is 2.44. The van der Waals surface area contributed by atoms with Gasteiger partial charge in [-0.25, -0.2) is 13.2 Å². The minimum atomic E-state index is -1.42. The zero-order chi connectivity index (χ0) is 15.0. The molecule has 1 fully saturated rings. The molecule has 0 aliphatic carbocycles. The first-order valence-electron chi connectivity index (χ1n) is 6.84. The molecular formula is C15H20F3NO. The Morgan fingerprint density at radius 3 is 2.20 bits per heavy atom. The molecular weight excluding hydrogens is 267 g/mol. The van der Waals surface area contributed by atoms with Gasteiger partial charge in [-0.3, -0.25) is 0 Å². The van der Waals surface area contributed by atoms with Gasteiger partial charge in [0.2, 0.25) is 0 Å². The van der Waals surface area contributed by atoms with Gasteiger partial charge in [0.15, 0.2) is 17.5 Å². The van der Waals surface area contributed by atoms with Crippen molar-refractivity contribution < 1.29 is 17.9 Å². The predicted molar refractivity (Wildman–Crippen MR) is 70.8 cm³/mol. The molecule has 0 radical (unpaired) electrons. The van der Waals surface area contributed by atoms with Crippen LogP contribution in [0.5, 0.6) is 0 Å². The monoisotopic (exact) mass is 287 g/mol. The molecule has 1 N–H and O–H groups in total. The molecule has 5 atom stereocenters. The molecule has 20 heavy (non-hydrogen) atoms. The SMILES string of the molecule is CNC(c1ccc(F)c(F)c1F)C1C(C)OC(C)C1C. The molecule has 5 heteroatoms. The van der Waals surface area contributed by atoms with Crippen LogP contribution in [-0.2, 0) is 4.74 Å². The highest BCUT2D eigenvalue weighted by atomic mass is 19.2. The Balaban J connectivity index is 2.41. The molecule has 5 unspecified atom stereocenters. The van der Waals surface area contributed by atoms with Gasteiger partial charge in [-0.2, -0.15) is 0 Å². The standard InChI is InChI=1S/C15H20F3NO/c1-7-8(2)20-9(3)12(7)15(19-4)10-5-6-11(16)14(18)13(10)17/h5-9,12,15,19H,1-4H3. The van der Waals surface area contributed by atoms with E-state index in [4.69, 9.17) is 4.74 Å². The summed E-state index contributed by atoms with van der Waals surface area (Å²) < 4.78 is 46.3. The molecule has 1 saturated heterocycles. The van der Waals surface area contributed by atoms with Gasteiger partial charge in [0.1, 0.15) is 0 Å². The Morgan fingerprint density at radius 1 is 1.05 bits per heavy atom. The van der Waals surface area contributed by atoms with E-state index in [-0.39, 0.29) is 29.6 Å². The number of nitrogens with one attached hydrogen (secondary N) is 1. The first-order chi connectivity index (χ1) is 9.38. The molecule has 0 saturated carbocycles. The molecule has 1 heterocycles. The normalized spacial score (nSPS) is 31.6. The Bertz CT molecular complexity index is 494. The number of halogens is 3. The van der Waals surface area contributed by atoms with Crippen LogP contribution >= 0.6 is 0 Å². The number of ether oxygens (including phenoxy) is 1. The molecule has 1 aliphatic rings. The van der Waals surface area contributed by atoms with Crippen molar-refractivity contribution in [2.75, 3.05) is 7.05 Å². The number of benzene rings is 1. The van der Waals surface area contributed by atoms with Gasteiger partial charge in [0.05, 0.1) is 12.2 Å². The highest BCUT2D eigenvalue weighted by molar-refractivity contribution is 5.25. The summed E-state index contributed by atoms with van der Waals surface area (Å²) in [5.41, 5.74) is 0.146. The third-order valence-corrected chi connectivity index (χ3v) is 4.41. The summed E-state index contributed by atoms with van der Waals surface area (Å²) in [6, 6.07) is 1.85. The van der Waals surface area contributed by atoms with E-state index in [0.29, 0.717) is 0 Å². The topological polar surface area (TPSA) is 21.3 Å². The summed E-state index contributed by atoms with van der Waals surface area (Å²) in [5, 5.41) is 3.02. The zero-order valence-corrected chi connectivity index (χ0v) is 12.1. The first kappa shape index (κ1) is 15.3. The third-order valence-electron chi connectivity index (χ3n) is 4.41. The molecule has 0 bridgehead atoms. The van der Waals surface area contributed by atoms with Crippen molar-refractivity contribution in [3.63, 3.8) is 0 Å². The first-order valence-corrected chi connectivity index (χ1v) is 6.84. The second kappa shape index (κ2) is 5.74. The lowest BCUT2D eigenvalue weighted by Crippen LogP contribution is -2.34. The van der Waals surface area contributed by atoms with Gasteiger partial charge in [-0.1, -0.05) is 13.0 Å². The highest BCUT2D eigenvalue weighted by Crippen LogP contribution is 2.41. The predicted octanol–water partition coefficient (Wildman–Crippen LogP) is 3.42. The van der Waals surface area contributed by atoms with E-state index in [9.17, 15) is 13.2 Å². The Kier molecular flexibility index (Phi) is 4.39. The minimum absolute atomic E-state index is 0.00522. The Hall–Kier alpha value is -1.07. The van der Waals surface area contributed by atoms with E-state index in [1.54, 1.807) is 7.05 Å². The van der Waals surface area contributed by atoms with E-state index in [1.165, 1.54) is 6.07 Å². The largest absolute Gasteiger partial charge is 0.375 e. The summed E-state index contributed by atoms with van der Waals surface area (Å²) in [6.45, 7) is 5.92. The van der Waals surface area contributed by atoms with Crippen molar-refractivity contribution >= 4 is 0 Å². The number of hydrogen-bond donors (Lipinski definition) is 1. The molecule has 1 aromatic rings. The molecule has 0 aromatic heterocycles. The average molecular weight is 287 g/mol. The minimum Gasteiger partial charge on any atom is -0.375 e. The van der Waals surface area contributed by atoms with Crippen molar-refractivity contribution in [2.45, 2.75) is 39.0 Å². The van der Waals surface area contributed by atoms with Crippen LogP contribution in [0.2, 0.25) is 0 Å². The second-order valence-corrected chi connectivity index (χ2v) is 5.51. The zero-order valence-electron chi connectivity index (χ0n) is 12.1. The summed E-state index contributed by atoms with van der Waals surface area (Å²) in [5.74, 6) is -3.53. The van der Waals surface area contributed by atoms with Crippen LogP contribution in [0, 0.1) is 29.3 Å². The molecule has 2 nitrogen and oxygen atoms in total. The van der Waals surface area contributed by atoms with E-state index >= 15 is 0 Å². The van der Waals surface area contributed by atoms with E-state index in [0.717, 1.165) is 6.07 Å². The van der Waals surface area contributed by atoms with Crippen LogP contribution in [0.25, 0.3) is 0 Å². The highest BCUT2D eigenvalue weighted by Gasteiger charge is 2.42. The van der Waals surface area contributed by atoms with Crippen LogP contribution in [-0.4, -0.2) is 19.3 Å². The maximum Gasteiger partial charge on any atom is 0.194 e. The van der Waals surface area contributed by atoms with Gasteiger partial charge < -0.3 is 10.1 Å². The average Bonchev–Trinajstić information content (AvgIpc) is 2.65. The van der Waals surface area contributed by atoms with Gasteiger partial charge >= 0.3 is 0 Å². The fourth-order valence-corrected chi connectivity index (χ4v) is 3.20. The van der Waals surface area contributed by atoms with E-state index in [2.05, 4.69) is 5.32 Å². The quantitative estimate of drug-likeness (QED) is 0.860. The molecule has 1 aromatic carbocycles. The van der Waals surface area contributed by atoms with Crippen LogP contribution < -0.4 is 5.32 Å². The van der Waals surface area contributed by atoms with Gasteiger partial charge in [-0.15, -0.1) is 0 Å². The molecule has 112 valence electrons. The fraction of sp³-hybridized carbons (Fsp3) is 0.600. The molecule has 2 rings (SSSR count). The summed E-state index contributed by atoms with van der Waals surface area (Å²) >= 11 is 0. The Morgan fingerprint density at radius 2 is 1.70 bits per heavy atom. The maximum absolute atomic E-state index is 14.0. The van der Waals surface area contributed by atoms with Gasteiger partial charge in [0.25, 0.3) is 0 Å². The van der Waals surface area contributed by atoms with Crippen molar-refractivity contribution in [1.29, 1.82) is 0 Å². The molecule has 0 spiro atoms. The number of hydrogen-bond acceptors (Lipinski definition) is 2. The maximum atomic E-state index is 14.0. The van der Waals surface area contributed by atoms with Crippen molar-refractivity contribution in [3.05, 3.63) is 35.1 Å². The molecule has 0 amide bonds. The van der Waals surface area contributed by atoms with E-state index in [1.807, 2.05) is 20.8 Å². The summed E-state index contributed by atoms with van der Waals surface area (Å²) in [4.78, 5) is 0.